The Kier molecular flexibility index (Phi) is 6.05. The molecule has 2 N–H and O–H groups in total. The molecular weight excluding hydrogens is 286 g/mol. The third-order valence-corrected chi connectivity index (χ3v) is 6.62. The minimum Gasteiger partial charge on any atom is -0.314 e. The van der Waals surface area contributed by atoms with E-state index in [1.807, 2.05) is 0 Å². The Bertz CT molecular complexity index is 423. The van der Waals surface area contributed by atoms with Crippen LogP contribution in [0.15, 0.2) is 0 Å². The summed E-state index contributed by atoms with van der Waals surface area (Å²) in [5.74, 6) is 1.30. The molecule has 6 heteroatoms. The Hall–Kier alpha value is -0.170. The molecule has 0 aromatic heterocycles. The molecule has 0 aliphatic heterocycles. The molecule has 3 atom stereocenters. The van der Waals surface area contributed by atoms with Crippen molar-refractivity contribution < 1.29 is 8.42 Å². The van der Waals surface area contributed by atoms with Crippen LogP contribution in [0.4, 0.5) is 0 Å². The van der Waals surface area contributed by atoms with Gasteiger partial charge >= 0.3 is 0 Å². The van der Waals surface area contributed by atoms with Crippen molar-refractivity contribution >= 4 is 10.2 Å². The highest BCUT2D eigenvalue weighted by atomic mass is 32.2. The predicted molar refractivity (Wildman–Crippen MR) is 86.3 cm³/mol. The van der Waals surface area contributed by atoms with E-state index in [2.05, 4.69) is 23.9 Å². The Labute approximate surface area is 130 Å². The van der Waals surface area contributed by atoms with Gasteiger partial charge in [0.25, 0.3) is 10.2 Å². The maximum atomic E-state index is 12.3. The van der Waals surface area contributed by atoms with E-state index >= 15 is 0 Å². The van der Waals surface area contributed by atoms with Crippen molar-refractivity contribution in [3.8, 4) is 0 Å². The van der Waals surface area contributed by atoms with Crippen LogP contribution in [0.5, 0.6) is 0 Å². The van der Waals surface area contributed by atoms with Gasteiger partial charge in [0.15, 0.2) is 0 Å². The van der Waals surface area contributed by atoms with Gasteiger partial charge in [-0.3, -0.25) is 0 Å². The summed E-state index contributed by atoms with van der Waals surface area (Å²) < 4.78 is 29.0. The SMILES string of the molecule is CC1CCC(NS(=O)(=O)N(C)CCCNC2CC2)CC1C. The second kappa shape index (κ2) is 7.40. The largest absolute Gasteiger partial charge is 0.314 e. The lowest BCUT2D eigenvalue weighted by Gasteiger charge is -2.33. The molecule has 0 bridgehead atoms. The van der Waals surface area contributed by atoms with Gasteiger partial charge in [-0.05, 0) is 56.9 Å². The summed E-state index contributed by atoms with van der Waals surface area (Å²) in [6, 6.07) is 0.795. The molecule has 2 aliphatic rings. The molecule has 0 radical (unpaired) electrons. The summed E-state index contributed by atoms with van der Waals surface area (Å²) in [4.78, 5) is 0. The van der Waals surface area contributed by atoms with E-state index in [1.54, 1.807) is 7.05 Å². The van der Waals surface area contributed by atoms with Crippen molar-refractivity contribution in [1.82, 2.24) is 14.3 Å². The molecule has 0 aromatic carbocycles. The molecule has 2 fully saturated rings. The molecule has 21 heavy (non-hydrogen) atoms. The van der Waals surface area contributed by atoms with Crippen molar-refractivity contribution in [2.75, 3.05) is 20.1 Å². The number of hydrogen-bond acceptors (Lipinski definition) is 3. The first kappa shape index (κ1) is 17.2. The van der Waals surface area contributed by atoms with E-state index in [-0.39, 0.29) is 6.04 Å². The maximum absolute atomic E-state index is 12.3. The van der Waals surface area contributed by atoms with Crippen LogP contribution in [0.3, 0.4) is 0 Å². The zero-order valence-electron chi connectivity index (χ0n) is 13.6. The van der Waals surface area contributed by atoms with E-state index in [4.69, 9.17) is 0 Å². The van der Waals surface area contributed by atoms with Crippen LogP contribution < -0.4 is 10.0 Å². The van der Waals surface area contributed by atoms with Crippen molar-refractivity contribution in [3.63, 3.8) is 0 Å². The smallest absolute Gasteiger partial charge is 0.279 e. The molecule has 2 rings (SSSR count). The fourth-order valence-corrected chi connectivity index (χ4v) is 4.16. The fourth-order valence-electron chi connectivity index (χ4n) is 2.97. The second-order valence-electron chi connectivity index (χ2n) is 6.99. The number of rotatable bonds is 8. The van der Waals surface area contributed by atoms with Crippen LogP contribution in [0.25, 0.3) is 0 Å². The molecule has 124 valence electrons. The van der Waals surface area contributed by atoms with Gasteiger partial charge in [-0.15, -0.1) is 0 Å². The highest BCUT2D eigenvalue weighted by molar-refractivity contribution is 7.87. The molecule has 0 spiro atoms. The highest BCUT2D eigenvalue weighted by Crippen LogP contribution is 2.29. The lowest BCUT2D eigenvalue weighted by molar-refractivity contribution is 0.239. The highest BCUT2D eigenvalue weighted by Gasteiger charge is 2.29. The number of nitrogens with one attached hydrogen (secondary N) is 2. The number of nitrogens with zero attached hydrogens (tertiary/aromatic N) is 1. The maximum Gasteiger partial charge on any atom is 0.279 e. The van der Waals surface area contributed by atoms with E-state index in [1.165, 1.54) is 17.1 Å². The van der Waals surface area contributed by atoms with Crippen LogP contribution in [0, 0.1) is 11.8 Å². The molecule has 0 saturated heterocycles. The number of hydrogen-bond donors (Lipinski definition) is 2. The van der Waals surface area contributed by atoms with Gasteiger partial charge in [-0.2, -0.15) is 17.4 Å². The summed E-state index contributed by atoms with van der Waals surface area (Å²) in [5.41, 5.74) is 0. The van der Waals surface area contributed by atoms with Gasteiger partial charge in [0.2, 0.25) is 0 Å². The molecule has 0 amide bonds. The van der Waals surface area contributed by atoms with E-state index in [0.717, 1.165) is 32.2 Å². The third kappa shape index (κ3) is 5.51. The lowest BCUT2D eigenvalue weighted by atomic mass is 9.79. The normalized spacial score (nSPS) is 30.8. The van der Waals surface area contributed by atoms with Gasteiger partial charge in [0.1, 0.15) is 0 Å². The molecule has 0 heterocycles. The quantitative estimate of drug-likeness (QED) is 0.670. The Balaban J connectivity index is 1.71. The average Bonchev–Trinajstić information content (AvgIpc) is 3.22. The van der Waals surface area contributed by atoms with Gasteiger partial charge in [-0.1, -0.05) is 13.8 Å². The lowest BCUT2D eigenvalue weighted by Crippen LogP contribution is -2.46. The summed E-state index contributed by atoms with van der Waals surface area (Å²) in [5, 5.41) is 3.41. The van der Waals surface area contributed by atoms with Crippen molar-refractivity contribution in [3.05, 3.63) is 0 Å². The zero-order valence-corrected chi connectivity index (χ0v) is 14.5. The van der Waals surface area contributed by atoms with Crippen LogP contribution in [0.2, 0.25) is 0 Å². The summed E-state index contributed by atoms with van der Waals surface area (Å²) >= 11 is 0. The first-order valence-corrected chi connectivity index (χ1v) is 9.79. The molecule has 0 aromatic rings. The molecule has 2 aliphatic carbocycles. The summed E-state index contributed by atoms with van der Waals surface area (Å²) in [6.07, 6.45) is 6.44. The standard InChI is InChI=1S/C15H31N3O2S/c1-12-5-6-15(11-13(12)2)17-21(19,20)18(3)10-4-9-16-14-7-8-14/h12-17H,4-11H2,1-3H3. The Morgan fingerprint density at radius 2 is 1.71 bits per heavy atom. The Morgan fingerprint density at radius 3 is 2.33 bits per heavy atom. The first-order chi connectivity index (χ1) is 9.88. The summed E-state index contributed by atoms with van der Waals surface area (Å²) in [7, 11) is -1.66. The van der Waals surface area contributed by atoms with Crippen LogP contribution in [0.1, 0.15) is 52.4 Å². The van der Waals surface area contributed by atoms with Crippen LogP contribution in [-0.2, 0) is 10.2 Å². The van der Waals surface area contributed by atoms with Crippen molar-refractivity contribution in [2.45, 2.75) is 64.5 Å². The minimum absolute atomic E-state index is 0.105. The van der Waals surface area contributed by atoms with Crippen molar-refractivity contribution in [1.29, 1.82) is 0 Å². The second-order valence-corrected chi connectivity index (χ2v) is 8.80. The molecule has 5 nitrogen and oxygen atoms in total. The third-order valence-electron chi connectivity index (χ3n) is 4.98. The van der Waals surface area contributed by atoms with Crippen LogP contribution >= 0.6 is 0 Å². The van der Waals surface area contributed by atoms with Crippen molar-refractivity contribution in [2.24, 2.45) is 11.8 Å². The fraction of sp³-hybridized carbons (Fsp3) is 1.00. The van der Waals surface area contributed by atoms with Crippen LogP contribution in [-0.4, -0.2) is 44.9 Å². The zero-order chi connectivity index (χ0) is 15.5. The van der Waals surface area contributed by atoms with E-state index in [0.29, 0.717) is 24.4 Å². The molecule has 2 saturated carbocycles. The average molecular weight is 317 g/mol. The van der Waals surface area contributed by atoms with Gasteiger partial charge in [0, 0.05) is 25.7 Å². The topological polar surface area (TPSA) is 61.4 Å². The van der Waals surface area contributed by atoms with Gasteiger partial charge in [0.05, 0.1) is 0 Å². The minimum atomic E-state index is -3.33. The first-order valence-electron chi connectivity index (χ1n) is 8.35. The summed E-state index contributed by atoms with van der Waals surface area (Å²) in [6.45, 7) is 5.96. The Morgan fingerprint density at radius 1 is 1.05 bits per heavy atom. The molecular formula is C15H31N3O2S. The van der Waals surface area contributed by atoms with Gasteiger partial charge < -0.3 is 5.32 Å². The van der Waals surface area contributed by atoms with Gasteiger partial charge in [-0.25, -0.2) is 0 Å². The van der Waals surface area contributed by atoms with E-state index < -0.39 is 10.2 Å². The predicted octanol–water partition coefficient (Wildman–Crippen LogP) is 1.72. The molecule has 3 unspecified atom stereocenters. The van der Waals surface area contributed by atoms with E-state index in [9.17, 15) is 8.42 Å². The monoisotopic (exact) mass is 317 g/mol.